The summed E-state index contributed by atoms with van der Waals surface area (Å²) in [5, 5.41) is 10.9. The van der Waals surface area contributed by atoms with Gasteiger partial charge in [0.15, 0.2) is 0 Å². The van der Waals surface area contributed by atoms with Crippen LogP contribution in [0.2, 0.25) is 0 Å². The molecule has 1 heterocycles. The first-order valence-electron chi connectivity index (χ1n) is 7.54. The minimum absolute atomic E-state index is 0.0386. The number of carboxylic acids is 1. The number of nitrogens with zero attached hydrogens (tertiary/aromatic N) is 1. The van der Waals surface area contributed by atoms with Crippen LogP contribution >= 0.6 is 11.3 Å². The summed E-state index contributed by atoms with van der Waals surface area (Å²) in [6.07, 6.45) is -4.78. The van der Waals surface area contributed by atoms with E-state index >= 15 is 0 Å². The molecule has 0 bridgehead atoms. The fraction of sp³-hybridized carbons (Fsp3) is 0.353. The van der Waals surface area contributed by atoms with Gasteiger partial charge in [0, 0.05) is 24.5 Å². The molecule has 25 heavy (non-hydrogen) atoms. The predicted molar refractivity (Wildman–Crippen MR) is 88.5 cm³/mol. The Morgan fingerprint density at radius 1 is 1.28 bits per heavy atom. The molecule has 0 aliphatic heterocycles. The lowest BCUT2D eigenvalue weighted by Gasteiger charge is -2.21. The maximum Gasteiger partial charge on any atom is 0.573 e. The lowest BCUT2D eigenvalue weighted by atomic mass is 10.2. The lowest BCUT2D eigenvalue weighted by Crippen LogP contribution is -2.25. The molecule has 2 rings (SSSR count). The molecule has 1 N–H and O–H groups in total. The number of thiophene rings is 1. The van der Waals surface area contributed by atoms with Crippen LogP contribution < -0.4 is 4.74 Å². The van der Waals surface area contributed by atoms with E-state index in [2.05, 4.69) is 4.74 Å². The predicted octanol–water partition coefficient (Wildman–Crippen LogP) is 4.43. The van der Waals surface area contributed by atoms with Crippen LogP contribution in [-0.4, -0.2) is 28.9 Å². The molecular formula is C17H18F3NO3S. The van der Waals surface area contributed by atoms with Crippen LogP contribution in [0, 0.1) is 6.92 Å². The number of alkyl halides is 3. The summed E-state index contributed by atoms with van der Waals surface area (Å²) < 4.78 is 40.9. The van der Waals surface area contributed by atoms with E-state index in [0.29, 0.717) is 25.2 Å². The molecule has 0 aliphatic carbocycles. The van der Waals surface area contributed by atoms with Gasteiger partial charge in [-0.15, -0.1) is 24.5 Å². The number of aryl methyl sites for hydroxylation is 1. The number of carbonyl (C=O) groups is 1. The molecule has 1 aromatic carbocycles. The van der Waals surface area contributed by atoms with Crippen LogP contribution in [0.25, 0.3) is 0 Å². The maximum atomic E-state index is 12.3. The number of halogens is 3. The van der Waals surface area contributed by atoms with Gasteiger partial charge >= 0.3 is 12.3 Å². The third-order valence-electron chi connectivity index (χ3n) is 3.34. The SMILES string of the molecule is Cc1csc(CN(CCC(=O)O)Cc2cccc(OC(F)(F)F)c2)c1. The topological polar surface area (TPSA) is 49.8 Å². The zero-order valence-electron chi connectivity index (χ0n) is 13.5. The Hall–Kier alpha value is -2.06. The van der Waals surface area contributed by atoms with Gasteiger partial charge in [0.1, 0.15) is 5.75 Å². The molecule has 8 heteroatoms. The molecule has 0 saturated heterocycles. The zero-order valence-corrected chi connectivity index (χ0v) is 14.4. The highest BCUT2D eigenvalue weighted by Crippen LogP contribution is 2.24. The normalized spacial score (nSPS) is 11.7. The lowest BCUT2D eigenvalue weighted by molar-refractivity contribution is -0.274. The summed E-state index contributed by atoms with van der Waals surface area (Å²) in [5.41, 5.74) is 1.75. The summed E-state index contributed by atoms with van der Waals surface area (Å²) in [7, 11) is 0. The van der Waals surface area contributed by atoms with Crippen LogP contribution in [0.15, 0.2) is 35.7 Å². The smallest absolute Gasteiger partial charge is 0.481 e. The molecule has 0 fully saturated rings. The fourth-order valence-electron chi connectivity index (χ4n) is 2.36. The molecule has 0 atom stereocenters. The molecule has 0 amide bonds. The third kappa shape index (κ3) is 7.15. The Balaban J connectivity index is 2.09. The molecule has 0 spiro atoms. The minimum atomic E-state index is -4.74. The summed E-state index contributed by atoms with van der Waals surface area (Å²) in [4.78, 5) is 13.8. The monoisotopic (exact) mass is 373 g/mol. The Bertz CT molecular complexity index is 715. The first-order chi connectivity index (χ1) is 11.7. The van der Waals surface area contributed by atoms with Crippen molar-refractivity contribution in [3.8, 4) is 5.75 Å². The molecule has 2 aromatic rings. The van der Waals surface area contributed by atoms with Gasteiger partial charge in [0.05, 0.1) is 6.42 Å². The Morgan fingerprint density at radius 2 is 2.04 bits per heavy atom. The van der Waals surface area contributed by atoms with Crippen molar-refractivity contribution in [2.24, 2.45) is 0 Å². The van der Waals surface area contributed by atoms with E-state index in [9.17, 15) is 18.0 Å². The highest BCUT2D eigenvalue weighted by atomic mass is 32.1. The van der Waals surface area contributed by atoms with Crippen molar-refractivity contribution < 1.29 is 27.8 Å². The molecule has 1 aromatic heterocycles. The highest BCUT2D eigenvalue weighted by molar-refractivity contribution is 7.10. The quantitative estimate of drug-likeness (QED) is 0.744. The van der Waals surface area contributed by atoms with E-state index in [-0.39, 0.29) is 12.2 Å². The van der Waals surface area contributed by atoms with E-state index in [0.717, 1.165) is 10.4 Å². The Labute approximate surface area is 147 Å². The molecule has 0 radical (unpaired) electrons. The van der Waals surface area contributed by atoms with E-state index in [1.165, 1.54) is 18.2 Å². The molecule has 0 unspecified atom stereocenters. The average Bonchev–Trinajstić information content (AvgIpc) is 2.88. The van der Waals surface area contributed by atoms with Gasteiger partial charge < -0.3 is 9.84 Å². The number of carboxylic acid groups (broad SMARTS) is 1. The zero-order chi connectivity index (χ0) is 18.4. The first-order valence-corrected chi connectivity index (χ1v) is 8.42. The standard InChI is InChI=1S/C17H18F3NO3S/c1-12-7-15(25-11-12)10-21(6-5-16(22)23)9-13-3-2-4-14(8-13)24-17(18,19)20/h2-4,7-8,11H,5-6,9-10H2,1H3,(H,22,23). The summed E-state index contributed by atoms with van der Waals surface area (Å²) in [6, 6.07) is 7.75. The molecule has 0 aliphatic rings. The summed E-state index contributed by atoms with van der Waals surface area (Å²) in [5.74, 6) is -1.20. The van der Waals surface area contributed by atoms with Crippen molar-refractivity contribution in [1.29, 1.82) is 0 Å². The van der Waals surface area contributed by atoms with Crippen LogP contribution in [-0.2, 0) is 17.9 Å². The number of hydrogen-bond acceptors (Lipinski definition) is 4. The van der Waals surface area contributed by atoms with E-state index in [1.807, 2.05) is 23.3 Å². The van der Waals surface area contributed by atoms with Crippen LogP contribution in [0.3, 0.4) is 0 Å². The number of ether oxygens (including phenoxy) is 1. The first kappa shape index (κ1) is 19.3. The second-order valence-corrected chi connectivity index (χ2v) is 6.64. The van der Waals surface area contributed by atoms with Crippen LogP contribution in [0.4, 0.5) is 13.2 Å². The van der Waals surface area contributed by atoms with Gasteiger partial charge in [0.2, 0.25) is 0 Å². The number of aliphatic carboxylic acids is 1. The van der Waals surface area contributed by atoms with Gasteiger partial charge in [-0.05, 0) is 41.6 Å². The highest BCUT2D eigenvalue weighted by Gasteiger charge is 2.31. The Kier molecular flexibility index (Phi) is 6.44. The van der Waals surface area contributed by atoms with E-state index in [1.54, 1.807) is 17.4 Å². The van der Waals surface area contributed by atoms with Crippen molar-refractivity contribution in [3.05, 3.63) is 51.7 Å². The minimum Gasteiger partial charge on any atom is -0.481 e. The van der Waals surface area contributed by atoms with Gasteiger partial charge in [-0.25, -0.2) is 0 Å². The molecule has 136 valence electrons. The molecule has 0 saturated carbocycles. The molecular weight excluding hydrogens is 355 g/mol. The van der Waals surface area contributed by atoms with Crippen molar-refractivity contribution in [1.82, 2.24) is 4.90 Å². The average molecular weight is 373 g/mol. The van der Waals surface area contributed by atoms with Gasteiger partial charge in [0.25, 0.3) is 0 Å². The van der Waals surface area contributed by atoms with Crippen molar-refractivity contribution in [2.45, 2.75) is 32.8 Å². The van der Waals surface area contributed by atoms with Crippen molar-refractivity contribution in [3.63, 3.8) is 0 Å². The maximum absolute atomic E-state index is 12.3. The van der Waals surface area contributed by atoms with E-state index < -0.39 is 12.3 Å². The van der Waals surface area contributed by atoms with Gasteiger partial charge in [-0.3, -0.25) is 9.69 Å². The fourth-order valence-corrected chi connectivity index (χ4v) is 3.28. The van der Waals surface area contributed by atoms with Crippen LogP contribution in [0.1, 0.15) is 22.4 Å². The molecule has 4 nitrogen and oxygen atoms in total. The second-order valence-electron chi connectivity index (χ2n) is 5.64. The van der Waals surface area contributed by atoms with Gasteiger partial charge in [-0.1, -0.05) is 12.1 Å². The number of rotatable bonds is 8. The third-order valence-corrected chi connectivity index (χ3v) is 4.38. The van der Waals surface area contributed by atoms with Crippen molar-refractivity contribution in [2.75, 3.05) is 6.54 Å². The van der Waals surface area contributed by atoms with E-state index in [4.69, 9.17) is 5.11 Å². The van der Waals surface area contributed by atoms with Crippen LogP contribution in [0.5, 0.6) is 5.75 Å². The number of benzene rings is 1. The largest absolute Gasteiger partial charge is 0.573 e. The van der Waals surface area contributed by atoms with Crippen molar-refractivity contribution >= 4 is 17.3 Å². The van der Waals surface area contributed by atoms with Gasteiger partial charge in [-0.2, -0.15) is 0 Å². The Morgan fingerprint density at radius 3 is 2.64 bits per heavy atom. The summed E-state index contributed by atoms with van der Waals surface area (Å²) >= 11 is 1.57. The number of hydrogen-bond donors (Lipinski definition) is 1. The summed E-state index contributed by atoms with van der Waals surface area (Å²) in [6.45, 7) is 3.14. The second kappa shape index (κ2) is 8.35.